The Kier molecular flexibility index (Phi) is 6.97. The number of pyridine rings is 2. The predicted molar refractivity (Wildman–Crippen MR) is 213 cm³/mol. The second-order valence-electron chi connectivity index (χ2n) is 13.0. The van der Waals surface area contributed by atoms with Crippen molar-refractivity contribution in [2.45, 2.75) is 0 Å². The monoisotopic (exact) mass is 683 g/mol. The molecule has 0 atom stereocenters. The number of para-hydroxylation sites is 4. The number of rotatable bonds is 5. The molecule has 0 saturated heterocycles. The van der Waals surface area contributed by atoms with Gasteiger partial charge in [0.25, 0.3) is 0 Å². The van der Waals surface area contributed by atoms with E-state index in [4.69, 9.17) is 10.1 Å². The number of aromatic nitrogens is 5. The van der Waals surface area contributed by atoms with Gasteiger partial charge >= 0.3 is 0 Å². The average molecular weight is 684 g/mol. The third-order valence-electron chi connectivity index (χ3n) is 9.93. The van der Waals surface area contributed by atoms with Gasteiger partial charge in [-0.15, -0.1) is 5.10 Å². The lowest BCUT2D eigenvalue weighted by Crippen LogP contribution is -2.10. The topological polar surface area (TPSA) is 74.7 Å². The number of fused-ring (bicyclic) bond motifs is 4. The van der Waals surface area contributed by atoms with E-state index in [0.29, 0.717) is 33.2 Å². The molecule has 0 aliphatic rings. The van der Waals surface area contributed by atoms with Gasteiger partial charge in [-0.3, -0.25) is 9.59 Å². The van der Waals surface area contributed by atoms with E-state index in [-0.39, 0.29) is 10.9 Å². The fraction of sp³-hybridized carbons (Fsp3) is 0. The summed E-state index contributed by atoms with van der Waals surface area (Å²) < 4.78 is 6.15. The molecule has 0 aliphatic heterocycles. The lowest BCUT2D eigenvalue weighted by atomic mass is 10.1. The molecule has 0 aliphatic carbocycles. The van der Waals surface area contributed by atoms with Gasteiger partial charge in [-0.25, -0.2) is 9.67 Å². The molecular formula is C46H29N5O2. The van der Waals surface area contributed by atoms with Crippen LogP contribution in [-0.2, 0) is 0 Å². The third-order valence-corrected chi connectivity index (χ3v) is 9.93. The first kappa shape index (κ1) is 30.4. The van der Waals surface area contributed by atoms with Gasteiger partial charge in [-0.1, -0.05) is 78.9 Å². The lowest BCUT2D eigenvalue weighted by Gasteiger charge is -2.16. The summed E-state index contributed by atoms with van der Waals surface area (Å²) in [6, 6.07) is 57.3. The van der Waals surface area contributed by atoms with E-state index < -0.39 is 0 Å². The SMILES string of the molecule is O=c1c2ccccc2n(-c2ccc(-c3nc(-c4ccccc4)n(-c4ccc(-n5c6ccccc6c(=O)c6ccccc65)cc4)n3)cc2)c2ccccc12. The predicted octanol–water partition coefficient (Wildman–Crippen LogP) is 9.52. The Labute approximate surface area is 302 Å². The normalized spacial score (nSPS) is 11.5. The van der Waals surface area contributed by atoms with Crippen LogP contribution in [0.3, 0.4) is 0 Å². The van der Waals surface area contributed by atoms with Crippen LogP contribution in [0.1, 0.15) is 0 Å². The van der Waals surface area contributed by atoms with Crippen LogP contribution >= 0.6 is 0 Å². The minimum atomic E-state index is 0.0282. The smallest absolute Gasteiger partial charge is 0.197 e. The highest BCUT2D eigenvalue weighted by Crippen LogP contribution is 2.30. The lowest BCUT2D eigenvalue weighted by molar-refractivity contribution is 0.889. The Morgan fingerprint density at radius 2 is 0.736 bits per heavy atom. The first-order chi connectivity index (χ1) is 26.1. The van der Waals surface area contributed by atoms with Gasteiger partial charge in [-0.2, -0.15) is 0 Å². The Morgan fingerprint density at radius 1 is 0.358 bits per heavy atom. The summed E-state index contributed by atoms with van der Waals surface area (Å²) in [5.74, 6) is 1.31. The highest BCUT2D eigenvalue weighted by Gasteiger charge is 2.18. The maximum Gasteiger partial charge on any atom is 0.197 e. The van der Waals surface area contributed by atoms with Crippen LogP contribution in [0.25, 0.3) is 83.4 Å². The van der Waals surface area contributed by atoms with Crippen LogP contribution < -0.4 is 10.9 Å². The van der Waals surface area contributed by atoms with Gasteiger partial charge in [0.2, 0.25) is 0 Å². The standard InChI is InChI=1S/C46H29N5O2/c52-43-35-14-4-8-18-39(35)49(40-19-9-5-15-36(40)43)32-24-22-30(23-25-32)45-47-46(31-12-2-1-3-13-31)51(48-45)34-28-26-33(27-29-34)50-41-20-10-6-16-37(41)44(53)38-17-7-11-21-42(38)50/h1-29H. The molecule has 7 aromatic carbocycles. The third kappa shape index (κ3) is 4.90. The number of hydrogen-bond donors (Lipinski definition) is 0. The second-order valence-corrected chi connectivity index (χ2v) is 13.0. The number of nitrogens with zero attached hydrogens (tertiary/aromatic N) is 5. The van der Waals surface area contributed by atoms with Gasteiger partial charge in [0.15, 0.2) is 22.5 Å². The summed E-state index contributed by atoms with van der Waals surface area (Å²) in [4.78, 5) is 31.8. The average Bonchev–Trinajstić information content (AvgIpc) is 3.68. The molecule has 0 fully saturated rings. The van der Waals surface area contributed by atoms with Crippen LogP contribution in [0.15, 0.2) is 186 Å². The molecule has 7 heteroatoms. The van der Waals surface area contributed by atoms with Crippen molar-refractivity contribution >= 4 is 43.6 Å². The molecule has 10 rings (SSSR count). The highest BCUT2D eigenvalue weighted by atomic mass is 16.1. The molecule has 7 nitrogen and oxygen atoms in total. The van der Waals surface area contributed by atoms with Gasteiger partial charge in [0, 0.05) is 44.0 Å². The van der Waals surface area contributed by atoms with E-state index in [1.165, 1.54) is 0 Å². The molecular weight excluding hydrogens is 655 g/mol. The molecule has 0 N–H and O–H groups in total. The van der Waals surface area contributed by atoms with Crippen molar-refractivity contribution in [2.24, 2.45) is 0 Å². The van der Waals surface area contributed by atoms with E-state index in [0.717, 1.165) is 50.3 Å². The largest absolute Gasteiger partial charge is 0.309 e. The summed E-state index contributed by atoms with van der Waals surface area (Å²) in [6.45, 7) is 0. The first-order valence-electron chi connectivity index (χ1n) is 17.4. The Bertz CT molecular complexity index is 3020. The number of benzene rings is 7. The Balaban J connectivity index is 1.09. The summed E-state index contributed by atoms with van der Waals surface area (Å²) in [6.07, 6.45) is 0. The molecule has 0 spiro atoms. The van der Waals surface area contributed by atoms with E-state index in [2.05, 4.69) is 33.4 Å². The fourth-order valence-electron chi connectivity index (χ4n) is 7.44. The maximum atomic E-state index is 13.4. The minimum absolute atomic E-state index is 0.0282. The molecule has 0 amide bonds. The van der Waals surface area contributed by atoms with E-state index >= 15 is 0 Å². The van der Waals surface area contributed by atoms with E-state index in [9.17, 15) is 9.59 Å². The molecule has 53 heavy (non-hydrogen) atoms. The van der Waals surface area contributed by atoms with Crippen LogP contribution in [0.2, 0.25) is 0 Å². The van der Waals surface area contributed by atoms with Gasteiger partial charge in [0.05, 0.1) is 27.8 Å². The van der Waals surface area contributed by atoms with Crippen molar-refractivity contribution in [1.29, 1.82) is 0 Å². The zero-order valence-corrected chi connectivity index (χ0v) is 28.3. The molecule has 0 saturated carbocycles. The zero-order valence-electron chi connectivity index (χ0n) is 28.3. The fourth-order valence-corrected chi connectivity index (χ4v) is 7.44. The van der Waals surface area contributed by atoms with Crippen LogP contribution in [0, 0.1) is 0 Å². The molecule has 250 valence electrons. The van der Waals surface area contributed by atoms with Crippen molar-refractivity contribution < 1.29 is 0 Å². The van der Waals surface area contributed by atoms with Crippen molar-refractivity contribution in [3.05, 3.63) is 196 Å². The van der Waals surface area contributed by atoms with Gasteiger partial charge in [0.1, 0.15) is 0 Å². The van der Waals surface area contributed by atoms with Crippen molar-refractivity contribution in [3.8, 4) is 39.8 Å². The van der Waals surface area contributed by atoms with Crippen molar-refractivity contribution in [3.63, 3.8) is 0 Å². The molecule has 3 aromatic heterocycles. The summed E-state index contributed by atoms with van der Waals surface area (Å²) >= 11 is 0. The van der Waals surface area contributed by atoms with E-state index in [1.807, 2.05) is 156 Å². The minimum Gasteiger partial charge on any atom is -0.309 e. The van der Waals surface area contributed by atoms with E-state index in [1.54, 1.807) is 0 Å². The summed E-state index contributed by atoms with van der Waals surface area (Å²) in [7, 11) is 0. The van der Waals surface area contributed by atoms with Crippen molar-refractivity contribution in [1.82, 2.24) is 23.9 Å². The van der Waals surface area contributed by atoms with Crippen molar-refractivity contribution in [2.75, 3.05) is 0 Å². The van der Waals surface area contributed by atoms with Crippen LogP contribution in [-0.4, -0.2) is 23.9 Å². The quantitative estimate of drug-likeness (QED) is 0.169. The number of hydrogen-bond acceptors (Lipinski definition) is 4. The Hall–Kier alpha value is -7.38. The summed E-state index contributed by atoms with van der Waals surface area (Å²) in [5.41, 5.74) is 7.98. The molecule has 0 radical (unpaired) electrons. The zero-order chi connectivity index (χ0) is 35.5. The highest BCUT2D eigenvalue weighted by molar-refractivity contribution is 5.96. The van der Waals surface area contributed by atoms with Gasteiger partial charge < -0.3 is 9.13 Å². The second kappa shape index (κ2) is 12.1. The molecule has 0 bridgehead atoms. The van der Waals surface area contributed by atoms with Crippen LogP contribution in [0.4, 0.5) is 0 Å². The molecule has 10 aromatic rings. The van der Waals surface area contributed by atoms with Gasteiger partial charge in [-0.05, 0) is 97.1 Å². The molecule has 0 unspecified atom stereocenters. The molecule has 3 heterocycles. The summed E-state index contributed by atoms with van der Waals surface area (Å²) in [5, 5.41) is 7.77. The van der Waals surface area contributed by atoms with Crippen LogP contribution in [0.5, 0.6) is 0 Å². The first-order valence-corrected chi connectivity index (χ1v) is 17.4. The maximum absolute atomic E-state index is 13.4. The Morgan fingerprint density at radius 3 is 1.19 bits per heavy atom.